The van der Waals surface area contributed by atoms with E-state index in [9.17, 15) is 9.59 Å². The standard InChI is InChI=1S/C37H60N2O5/c1-7-13-15-17-19-21-26-42-34(10-4)28-38(30-37(41)43-27-22-20-18-16-14-8-2)29-35(11-5)44-31-33-25-24-32(23-9-3)39(33)36(40)12-6/h9,12,32-33H,3-8,13-31H2,1-2H3/t32-,33-/m0/s1. The molecular weight excluding hydrogens is 552 g/mol. The van der Waals surface area contributed by atoms with E-state index >= 15 is 0 Å². The minimum atomic E-state index is -0.299. The van der Waals surface area contributed by atoms with Gasteiger partial charge in [0.1, 0.15) is 6.61 Å². The fourth-order valence-corrected chi connectivity index (χ4v) is 5.46. The fraction of sp³-hybridized carbons (Fsp3) is 0.676. The summed E-state index contributed by atoms with van der Waals surface area (Å²) in [7, 11) is 0. The zero-order chi connectivity index (χ0) is 32.4. The first-order valence-electron chi connectivity index (χ1n) is 16.9. The van der Waals surface area contributed by atoms with E-state index in [0.717, 1.165) is 51.4 Å². The first-order chi connectivity index (χ1) is 21.4. The highest BCUT2D eigenvalue weighted by Crippen LogP contribution is 2.28. The third-order valence-electron chi connectivity index (χ3n) is 7.95. The van der Waals surface area contributed by atoms with Crippen LogP contribution in [0.25, 0.3) is 0 Å². The monoisotopic (exact) mass is 612 g/mol. The number of amides is 1. The molecule has 0 aromatic carbocycles. The summed E-state index contributed by atoms with van der Waals surface area (Å²) >= 11 is 0. The second-order valence-corrected chi connectivity index (χ2v) is 11.6. The van der Waals surface area contributed by atoms with Crippen molar-refractivity contribution in [2.45, 2.75) is 122 Å². The second kappa shape index (κ2) is 25.4. The molecule has 0 spiro atoms. The minimum absolute atomic E-state index is 0.0574. The molecule has 1 aliphatic rings. The predicted molar refractivity (Wildman–Crippen MR) is 180 cm³/mol. The van der Waals surface area contributed by atoms with Crippen LogP contribution in [0.5, 0.6) is 0 Å². The van der Waals surface area contributed by atoms with Crippen LogP contribution in [0, 0.1) is 0 Å². The average molecular weight is 613 g/mol. The maximum absolute atomic E-state index is 12.8. The number of hydrogen-bond donors (Lipinski definition) is 0. The normalized spacial score (nSPS) is 15.8. The Hall–Kier alpha value is -2.98. The quantitative estimate of drug-likeness (QED) is 0.0234. The van der Waals surface area contributed by atoms with Gasteiger partial charge in [0.05, 0.1) is 38.9 Å². The molecule has 248 valence electrons. The maximum Gasteiger partial charge on any atom is 0.320 e. The number of hydrogen-bond acceptors (Lipinski definition) is 6. The first kappa shape index (κ1) is 39.0. The van der Waals surface area contributed by atoms with Gasteiger partial charge in [-0.05, 0) is 38.2 Å². The Morgan fingerprint density at radius 3 is 1.82 bits per heavy atom. The van der Waals surface area contributed by atoms with E-state index in [0.29, 0.717) is 37.9 Å². The summed E-state index contributed by atoms with van der Waals surface area (Å²) < 4.78 is 17.7. The molecule has 1 fully saturated rings. The Balaban J connectivity index is 2.79. The van der Waals surface area contributed by atoms with Gasteiger partial charge in [0.25, 0.3) is 0 Å². The van der Waals surface area contributed by atoms with Crippen LogP contribution in [0.1, 0.15) is 110 Å². The molecule has 1 heterocycles. The molecule has 0 aromatic rings. The van der Waals surface area contributed by atoms with Gasteiger partial charge >= 0.3 is 5.97 Å². The van der Waals surface area contributed by atoms with Gasteiger partial charge in [0.2, 0.25) is 5.91 Å². The van der Waals surface area contributed by atoms with E-state index in [-0.39, 0.29) is 37.0 Å². The molecule has 7 nitrogen and oxygen atoms in total. The molecular formula is C37H60N2O5. The van der Waals surface area contributed by atoms with Crippen LogP contribution in [-0.4, -0.2) is 73.2 Å². The van der Waals surface area contributed by atoms with Gasteiger partial charge in [-0.2, -0.15) is 0 Å². The number of rotatable bonds is 27. The summed E-state index contributed by atoms with van der Waals surface area (Å²) in [6, 6.07) is -0.00131. The molecule has 0 aromatic heterocycles. The van der Waals surface area contributed by atoms with Crippen molar-refractivity contribution in [1.82, 2.24) is 9.80 Å². The highest BCUT2D eigenvalue weighted by atomic mass is 16.5. The van der Waals surface area contributed by atoms with E-state index in [4.69, 9.17) is 14.2 Å². The van der Waals surface area contributed by atoms with Crippen LogP contribution < -0.4 is 0 Å². The molecule has 0 aliphatic carbocycles. The van der Waals surface area contributed by atoms with Crippen LogP contribution in [0.2, 0.25) is 0 Å². The van der Waals surface area contributed by atoms with Gasteiger partial charge in [-0.15, -0.1) is 6.58 Å². The van der Waals surface area contributed by atoms with Gasteiger partial charge in [-0.3, -0.25) is 14.5 Å². The van der Waals surface area contributed by atoms with Crippen molar-refractivity contribution in [3.8, 4) is 0 Å². The SMILES string of the molecule is C=C=C(CN(CC(=O)OCCCCCCCC)CC(=C=C)OC[C@@H]1CC[C@H](CC=C)N1C(=O)C=C)OCCCCCCCC. The zero-order valence-electron chi connectivity index (χ0n) is 27.9. The topological polar surface area (TPSA) is 68.3 Å². The average Bonchev–Trinajstić information content (AvgIpc) is 3.43. The number of carbonyl (C=O) groups is 2. The van der Waals surface area contributed by atoms with E-state index in [1.54, 1.807) is 0 Å². The molecule has 1 amide bonds. The molecule has 0 unspecified atom stereocenters. The van der Waals surface area contributed by atoms with Crippen molar-refractivity contribution in [2.75, 3.05) is 39.5 Å². The van der Waals surface area contributed by atoms with Crippen molar-refractivity contribution >= 4 is 11.9 Å². The number of esters is 1. The third kappa shape index (κ3) is 16.8. The molecule has 44 heavy (non-hydrogen) atoms. The summed E-state index contributed by atoms with van der Waals surface area (Å²) in [6.45, 7) is 21.5. The van der Waals surface area contributed by atoms with Crippen molar-refractivity contribution in [1.29, 1.82) is 0 Å². The Kier molecular flexibility index (Phi) is 22.5. The lowest BCUT2D eigenvalue weighted by molar-refractivity contribution is -0.145. The van der Waals surface area contributed by atoms with Crippen molar-refractivity contribution in [3.63, 3.8) is 0 Å². The Morgan fingerprint density at radius 1 is 0.750 bits per heavy atom. The number of ether oxygens (including phenoxy) is 3. The predicted octanol–water partition coefficient (Wildman–Crippen LogP) is 8.05. The summed E-state index contributed by atoms with van der Waals surface area (Å²) in [5, 5.41) is 0. The lowest BCUT2D eigenvalue weighted by atomic mass is 10.1. The smallest absolute Gasteiger partial charge is 0.320 e. The number of nitrogens with zero attached hydrogens (tertiary/aromatic N) is 2. The summed E-state index contributed by atoms with van der Waals surface area (Å²) in [4.78, 5) is 29.2. The summed E-state index contributed by atoms with van der Waals surface area (Å²) in [5.41, 5.74) is 5.80. The van der Waals surface area contributed by atoms with Crippen LogP contribution in [0.15, 0.2) is 61.4 Å². The molecule has 1 aliphatic heterocycles. The van der Waals surface area contributed by atoms with E-state index < -0.39 is 0 Å². The summed E-state index contributed by atoms with van der Waals surface area (Å²) in [5.74, 6) is 0.667. The number of likely N-dealkylation sites (tertiary alicyclic amines) is 1. The highest BCUT2D eigenvalue weighted by Gasteiger charge is 2.35. The Labute approximate surface area is 268 Å². The van der Waals surface area contributed by atoms with Crippen LogP contribution in [-0.2, 0) is 23.8 Å². The highest BCUT2D eigenvalue weighted by molar-refractivity contribution is 5.87. The second-order valence-electron chi connectivity index (χ2n) is 11.6. The van der Waals surface area contributed by atoms with Gasteiger partial charge in [-0.1, -0.05) is 115 Å². The summed E-state index contributed by atoms with van der Waals surface area (Å²) in [6.07, 6.45) is 19.4. The molecule has 0 bridgehead atoms. The maximum atomic E-state index is 12.8. The molecule has 0 radical (unpaired) electrons. The fourth-order valence-electron chi connectivity index (χ4n) is 5.46. The number of carbonyl (C=O) groups excluding carboxylic acids is 2. The lowest BCUT2D eigenvalue weighted by Gasteiger charge is -2.29. The molecule has 0 saturated carbocycles. The largest absolute Gasteiger partial charge is 0.489 e. The molecule has 0 N–H and O–H groups in total. The van der Waals surface area contributed by atoms with Gasteiger partial charge in [-0.25, -0.2) is 0 Å². The van der Waals surface area contributed by atoms with Gasteiger partial charge in [0.15, 0.2) is 11.5 Å². The van der Waals surface area contributed by atoms with Crippen LogP contribution >= 0.6 is 0 Å². The van der Waals surface area contributed by atoms with Gasteiger partial charge < -0.3 is 19.1 Å². The minimum Gasteiger partial charge on any atom is -0.489 e. The number of unbranched alkanes of at least 4 members (excludes halogenated alkanes) is 10. The molecule has 1 saturated heterocycles. The van der Waals surface area contributed by atoms with Gasteiger partial charge in [0, 0.05) is 6.04 Å². The van der Waals surface area contributed by atoms with Crippen LogP contribution in [0.4, 0.5) is 0 Å². The first-order valence-corrected chi connectivity index (χ1v) is 16.9. The molecule has 7 heteroatoms. The van der Waals surface area contributed by atoms with Crippen molar-refractivity contribution in [3.05, 3.63) is 61.4 Å². The molecule has 1 rings (SSSR count). The molecule has 2 atom stereocenters. The van der Waals surface area contributed by atoms with Crippen molar-refractivity contribution < 1.29 is 23.8 Å². The third-order valence-corrected chi connectivity index (χ3v) is 7.95. The lowest BCUT2D eigenvalue weighted by Crippen LogP contribution is -2.42. The Bertz CT molecular complexity index is 948. The van der Waals surface area contributed by atoms with E-state index in [1.165, 1.54) is 51.0 Å². The van der Waals surface area contributed by atoms with Crippen LogP contribution in [0.3, 0.4) is 0 Å². The van der Waals surface area contributed by atoms with E-state index in [2.05, 4.69) is 51.6 Å². The Morgan fingerprint density at radius 2 is 1.27 bits per heavy atom. The van der Waals surface area contributed by atoms with E-state index in [1.807, 2.05) is 15.9 Å². The zero-order valence-corrected chi connectivity index (χ0v) is 27.9. The van der Waals surface area contributed by atoms with Crippen molar-refractivity contribution in [2.24, 2.45) is 0 Å².